The molecular formula is C36H43NO5. The van der Waals surface area contributed by atoms with Crippen LogP contribution in [0.2, 0.25) is 0 Å². The van der Waals surface area contributed by atoms with Crippen molar-refractivity contribution in [3.05, 3.63) is 102 Å². The smallest absolute Gasteiger partial charge is 0.343 e. The van der Waals surface area contributed by atoms with Gasteiger partial charge in [-0.3, -0.25) is 0 Å². The molecule has 0 heterocycles. The minimum Gasteiger partial charge on any atom is -0.454 e. The van der Waals surface area contributed by atoms with E-state index in [1.54, 1.807) is 32.0 Å². The van der Waals surface area contributed by atoms with Gasteiger partial charge in [0, 0.05) is 17.9 Å². The molecule has 0 fully saturated rings. The van der Waals surface area contributed by atoms with Crippen LogP contribution in [0.25, 0.3) is 11.1 Å². The van der Waals surface area contributed by atoms with Gasteiger partial charge < -0.3 is 19.6 Å². The number of hydrogen-bond acceptors (Lipinski definition) is 6. The monoisotopic (exact) mass is 569 g/mol. The molecule has 0 unspecified atom stereocenters. The first-order chi connectivity index (χ1) is 19.6. The lowest BCUT2D eigenvalue weighted by atomic mass is 9.75. The van der Waals surface area contributed by atoms with Crippen LogP contribution in [-0.4, -0.2) is 30.4 Å². The molecule has 0 radical (unpaired) electrons. The number of carbonyl (C=O) groups is 2. The van der Waals surface area contributed by atoms with Crippen molar-refractivity contribution in [2.45, 2.75) is 72.0 Å². The summed E-state index contributed by atoms with van der Waals surface area (Å²) in [5.74, 6) is -0.204. The van der Waals surface area contributed by atoms with Crippen molar-refractivity contribution in [3.63, 3.8) is 0 Å². The molecule has 222 valence electrons. The maximum absolute atomic E-state index is 13.0. The third kappa shape index (κ3) is 7.83. The Morgan fingerprint density at radius 1 is 0.857 bits per heavy atom. The Morgan fingerprint density at radius 2 is 1.43 bits per heavy atom. The SMILES string of the molecule is C=CC(=O)OC(C)(C)COC(C)(C)c1ccc(C(=O)Oc2ccc(-c3ccc(C(C)(C)C(C)C)cc3)cc2C=N)cc1. The predicted molar refractivity (Wildman–Crippen MR) is 168 cm³/mol. The minimum atomic E-state index is -0.831. The Hall–Kier alpha value is -4.03. The zero-order chi connectivity index (χ0) is 31.3. The maximum atomic E-state index is 13.0. The molecule has 0 saturated heterocycles. The fourth-order valence-corrected chi connectivity index (χ4v) is 4.31. The average molecular weight is 570 g/mol. The van der Waals surface area contributed by atoms with Gasteiger partial charge in [0.2, 0.25) is 0 Å². The van der Waals surface area contributed by atoms with E-state index in [2.05, 4.69) is 58.5 Å². The molecule has 3 aromatic rings. The summed E-state index contributed by atoms with van der Waals surface area (Å²) in [6.45, 7) is 19.9. The van der Waals surface area contributed by atoms with E-state index in [0.29, 0.717) is 22.8 Å². The van der Waals surface area contributed by atoms with Crippen LogP contribution in [0.1, 0.15) is 82.4 Å². The summed E-state index contributed by atoms with van der Waals surface area (Å²) < 4.78 is 17.1. The first kappa shape index (κ1) is 32.5. The van der Waals surface area contributed by atoms with Crippen LogP contribution >= 0.6 is 0 Å². The Balaban J connectivity index is 1.71. The van der Waals surface area contributed by atoms with Gasteiger partial charge in [-0.2, -0.15) is 0 Å². The highest BCUT2D eigenvalue weighted by Crippen LogP contribution is 2.34. The number of nitrogens with one attached hydrogen (secondary N) is 1. The van der Waals surface area contributed by atoms with Crippen LogP contribution in [-0.2, 0) is 25.3 Å². The zero-order valence-electron chi connectivity index (χ0n) is 26.0. The van der Waals surface area contributed by atoms with Crippen molar-refractivity contribution in [3.8, 4) is 16.9 Å². The van der Waals surface area contributed by atoms with E-state index in [4.69, 9.17) is 19.6 Å². The summed E-state index contributed by atoms with van der Waals surface area (Å²) >= 11 is 0. The second kappa shape index (κ2) is 12.9. The molecule has 0 amide bonds. The van der Waals surface area contributed by atoms with E-state index in [1.165, 1.54) is 11.8 Å². The normalized spacial score (nSPS) is 12.1. The highest BCUT2D eigenvalue weighted by atomic mass is 16.6. The van der Waals surface area contributed by atoms with Crippen molar-refractivity contribution in [2.75, 3.05) is 6.61 Å². The van der Waals surface area contributed by atoms with E-state index in [9.17, 15) is 9.59 Å². The third-order valence-electron chi connectivity index (χ3n) is 7.91. The first-order valence-corrected chi connectivity index (χ1v) is 14.2. The molecule has 6 nitrogen and oxygen atoms in total. The van der Waals surface area contributed by atoms with Gasteiger partial charge in [0.1, 0.15) is 11.4 Å². The number of esters is 2. The Morgan fingerprint density at radius 3 is 1.98 bits per heavy atom. The summed E-state index contributed by atoms with van der Waals surface area (Å²) in [4.78, 5) is 24.6. The number of carbonyl (C=O) groups excluding carboxylic acids is 2. The van der Waals surface area contributed by atoms with Gasteiger partial charge in [-0.25, -0.2) is 9.59 Å². The predicted octanol–water partition coefficient (Wildman–Crippen LogP) is 8.26. The van der Waals surface area contributed by atoms with Crippen LogP contribution in [0.4, 0.5) is 0 Å². The van der Waals surface area contributed by atoms with E-state index in [0.717, 1.165) is 22.8 Å². The minimum absolute atomic E-state index is 0.0660. The molecule has 0 aromatic heterocycles. The number of ether oxygens (including phenoxy) is 3. The number of rotatable bonds is 12. The van der Waals surface area contributed by atoms with Crippen LogP contribution in [0, 0.1) is 11.3 Å². The van der Waals surface area contributed by atoms with Crippen molar-refractivity contribution in [1.82, 2.24) is 0 Å². The zero-order valence-corrected chi connectivity index (χ0v) is 26.0. The quantitative estimate of drug-likeness (QED) is 0.103. The molecule has 3 rings (SSSR count). The van der Waals surface area contributed by atoms with Crippen molar-refractivity contribution in [2.24, 2.45) is 5.92 Å². The lowest BCUT2D eigenvalue weighted by molar-refractivity contribution is -0.163. The second-order valence-electron chi connectivity index (χ2n) is 12.5. The Labute approximate surface area is 250 Å². The van der Waals surface area contributed by atoms with E-state index >= 15 is 0 Å². The first-order valence-electron chi connectivity index (χ1n) is 14.2. The highest BCUT2D eigenvalue weighted by molar-refractivity contribution is 5.93. The van der Waals surface area contributed by atoms with Gasteiger partial charge >= 0.3 is 11.9 Å². The Bertz CT molecular complexity index is 1430. The van der Waals surface area contributed by atoms with Crippen molar-refractivity contribution >= 4 is 18.2 Å². The third-order valence-corrected chi connectivity index (χ3v) is 7.91. The Kier molecular flexibility index (Phi) is 9.95. The van der Waals surface area contributed by atoms with Crippen LogP contribution in [0.3, 0.4) is 0 Å². The van der Waals surface area contributed by atoms with Crippen molar-refractivity contribution in [1.29, 1.82) is 5.41 Å². The molecule has 0 aliphatic carbocycles. The molecule has 3 aromatic carbocycles. The van der Waals surface area contributed by atoms with Crippen LogP contribution < -0.4 is 4.74 Å². The largest absolute Gasteiger partial charge is 0.454 e. The van der Waals surface area contributed by atoms with Gasteiger partial charge in [-0.15, -0.1) is 0 Å². The highest BCUT2D eigenvalue weighted by Gasteiger charge is 2.29. The van der Waals surface area contributed by atoms with Gasteiger partial charge in [-0.1, -0.05) is 76.7 Å². The van der Waals surface area contributed by atoms with Crippen molar-refractivity contribution < 1.29 is 23.8 Å². The van der Waals surface area contributed by atoms with Crippen LogP contribution in [0.5, 0.6) is 5.75 Å². The molecule has 0 atom stereocenters. The standard InChI is InChI=1S/C36H43NO5/c1-10-32(38)42-34(4,5)23-40-36(8,9)30-18-13-26(14-19-30)33(39)41-31-20-15-27(21-28(31)22-37)25-11-16-29(17-12-25)35(6,7)24(2)3/h10-22,24,37H,1,23H2,2-9H3. The molecule has 0 spiro atoms. The number of hydrogen-bond donors (Lipinski definition) is 1. The van der Waals surface area contributed by atoms with E-state index < -0.39 is 23.1 Å². The fraction of sp³-hybridized carbons (Fsp3) is 0.361. The number of benzene rings is 3. The molecule has 42 heavy (non-hydrogen) atoms. The fourth-order valence-electron chi connectivity index (χ4n) is 4.31. The summed E-state index contributed by atoms with van der Waals surface area (Å²) in [6.07, 6.45) is 2.32. The average Bonchev–Trinajstić information content (AvgIpc) is 2.96. The summed E-state index contributed by atoms with van der Waals surface area (Å²) in [5, 5.41) is 7.92. The lowest BCUT2D eigenvalue weighted by Gasteiger charge is -2.32. The van der Waals surface area contributed by atoms with E-state index in [-0.39, 0.29) is 12.0 Å². The lowest BCUT2D eigenvalue weighted by Crippen LogP contribution is -2.36. The molecule has 1 N–H and O–H groups in total. The summed E-state index contributed by atoms with van der Waals surface area (Å²) in [5.41, 5.74) is 3.51. The van der Waals surface area contributed by atoms with Gasteiger partial charge in [0.25, 0.3) is 0 Å². The molecule has 6 heteroatoms. The maximum Gasteiger partial charge on any atom is 0.343 e. The van der Waals surface area contributed by atoms with Gasteiger partial charge in [-0.05, 0) is 85.5 Å². The van der Waals surface area contributed by atoms with Crippen LogP contribution in [0.15, 0.2) is 79.4 Å². The molecular weight excluding hydrogens is 526 g/mol. The van der Waals surface area contributed by atoms with Gasteiger partial charge in [0.05, 0.1) is 17.8 Å². The molecule has 0 aliphatic heterocycles. The topological polar surface area (TPSA) is 85.7 Å². The molecule has 0 saturated carbocycles. The van der Waals surface area contributed by atoms with E-state index in [1.807, 2.05) is 38.1 Å². The molecule has 0 bridgehead atoms. The molecule has 0 aliphatic rings. The second-order valence-corrected chi connectivity index (χ2v) is 12.5. The summed E-state index contributed by atoms with van der Waals surface area (Å²) in [6, 6.07) is 21.0. The summed E-state index contributed by atoms with van der Waals surface area (Å²) in [7, 11) is 0. The van der Waals surface area contributed by atoms with Gasteiger partial charge in [0.15, 0.2) is 0 Å².